The SMILES string of the molecule is Cc1ccc2c(c1C)NC(=O)[C@@]21N[C@@H]([C@@H](C)O)[C@H]2C(=O)N(Cc3ccc(F)cc3)C(=O)[C@H]21. The van der Waals surface area contributed by atoms with Gasteiger partial charge in [0.25, 0.3) is 0 Å². The topological polar surface area (TPSA) is 98.7 Å². The summed E-state index contributed by atoms with van der Waals surface area (Å²) in [6, 6.07) is 8.52. The summed E-state index contributed by atoms with van der Waals surface area (Å²) >= 11 is 0. The van der Waals surface area contributed by atoms with E-state index in [4.69, 9.17) is 0 Å². The average Bonchev–Trinajstić information content (AvgIpc) is 3.34. The predicted octanol–water partition coefficient (Wildman–Crippen LogP) is 1.74. The lowest BCUT2D eigenvalue weighted by Crippen LogP contribution is -2.54. The Balaban J connectivity index is 1.62. The number of benzene rings is 2. The second-order valence-corrected chi connectivity index (χ2v) is 9.00. The molecule has 0 saturated carbocycles. The minimum Gasteiger partial charge on any atom is -0.392 e. The monoisotopic (exact) mass is 437 g/mol. The van der Waals surface area contributed by atoms with Gasteiger partial charge in [-0.3, -0.25) is 24.6 Å². The lowest BCUT2D eigenvalue weighted by molar-refractivity contribution is -0.143. The Labute approximate surface area is 184 Å². The number of nitrogens with one attached hydrogen (secondary N) is 2. The van der Waals surface area contributed by atoms with Crippen LogP contribution in [0.4, 0.5) is 10.1 Å². The molecule has 3 aliphatic rings. The maximum absolute atomic E-state index is 13.6. The van der Waals surface area contributed by atoms with Gasteiger partial charge in [-0.2, -0.15) is 0 Å². The number of hydrogen-bond donors (Lipinski definition) is 3. The molecular weight excluding hydrogens is 413 g/mol. The highest BCUT2D eigenvalue weighted by atomic mass is 19.1. The molecule has 0 aliphatic carbocycles. The first-order chi connectivity index (χ1) is 15.2. The number of fused-ring (bicyclic) bond motifs is 4. The summed E-state index contributed by atoms with van der Waals surface area (Å²) in [6.45, 7) is 5.36. The van der Waals surface area contributed by atoms with Crippen LogP contribution in [0.2, 0.25) is 0 Å². The Hall–Kier alpha value is -3.10. The van der Waals surface area contributed by atoms with E-state index < -0.39 is 53.1 Å². The van der Waals surface area contributed by atoms with Gasteiger partial charge >= 0.3 is 0 Å². The third-order valence-corrected chi connectivity index (χ3v) is 7.22. The van der Waals surface area contributed by atoms with Crippen LogP contribution in [0.25, 0.3) is 0 Å². The molecule has 3 heterocycles. The van der Waals surface area contributed by atoms with Gasteiger partial charge in [0.1, 0.15) is 11.4 Å². The summed E-state index contributed by atoms with van der Waals surface area (Å²) < 4.78 is 13.3. The number of carbonyl (C=O) groups excluding carboxylic acids is 3. The smallest absolute Gasteiger partial charge is 0.250 e. The van der Waals surface area contributed by atoms with Crippen molar-refractivity contribution in [1.29, 1.82) is 0 Å². The van der Waals surface area contributed by atoms with E-state index in [1.165, 1.54) is 24.3 Å². The fourth-order valence-electron chi connectivity index (χ4n) is 5.45. The van der Waals surface area contributed by atoms with Crippen LogP contribution in [-0.2, 0) is 26.5 Å². The van der Waals surface area contributed by atoms with Crippen LogP contribution in [0, 0.1) is 31.5 Å². The zero-order chi connectivity index (χ0) is 22.9. The molecule has 2 aromatic carbocycles. The third-order valence-electron chi connectivity index (χ3n) is 7.22. The van der Waals surface area contributed by atoms with Crippen LogP contribution in [0.15, 0.2) is 36.4 Å². The van der Waals surface area contributed by atoms with E-state index in [0.29, 0.717) is 16.8 Å². The molecule has 3 amide bonds. The Morgan fingerprint density at radius 1 is 1.09 bits per heavy atom. The molecular formula is C24H24FN3O4. The van der Waals surface area contributed by atoms with E-state index >= 15 is 0 Å². The first-order valence-electron chi connectivity index (χ1n) is 10.6. The minimum absolute atomic E-state index is 0.0189. The van der Waals surface area contributed by atoms with E-state index in [9.17, 15) is 23.9 Å². The summed E-state index contributed by atoms with van der Waals surface area (Å²) in [4.78, 5) is 41.6. The Bertz CT molecular complexity index is 1160. The molecule has 3 N–H and O–H groups in total. The molecule has 3 aliphatic heterocycles. The maximum atomic E-state index is 13.6. The number of aliphatic hydroxyl groups excluding tert-OH is 1. The van der Waals surface area contributed by atoms with Gasteiger partial charge < -0.3 is 10.4 Å². The van der Waals surface area contributed by atoms with Crippen LogP contribution >= 0.6 is 0 Å². The Morgan fingerprint density at radius 2 is 1.78 bits per heavy atom. The van der Waals surface area contributed by atoms with E-state index in [2.05, 4.69) is 10.6 Å². The fourth-order valence-corrected chi connectivity index (χ4v) is 5.45. The van der Waals surface area contributed by atoms with Crippen LogP contribution in [0.1, 0.15) is 29.2 Å². The predicted molar refractivity (Wildman–Crippen MR) is 114 cm³/mol. The number of hydrogen-bond acceptors (Lipinski definition) is 5. The van der Waals surface area contributed by atoms with Gasteiger partial charge in [-0.05, 0) is 49.6 Å². The second-order valence-electron chi connectivity index (χ2n) is 9.00. The van der Waals surface area contributed by atoms with E-state index in [1.807, 2.05) is 26.0 Å². The van der Waals surface area contributed by atoms with Crippen LogP contribution < -0.4 is 10.6 Å². The second kappa shape index (κ2) is 6.95. The number of rotatable bonds is 3. The molecule has 32 heavy (non-hydrogen) atoms. The highest BCUT2D eigenvalue weighted by Gasteiger charge is 2.71. The maximum Gasteiger partial charge on any atom is 0.250 e. The molecule has 7 nitrogen and oxygen atoms in total. The van der Waals surface area contributed by atoms with Crippen LogP contribution in [0.3, 0.4) is 0 Å². The molecule has 2 saturated heterocycles. The van der Waals surface area contributed by atoms with Crippen molar-refractivity contribution in [2.75, 3.05) is 5.32 Å². The summed E-state index contributed by atoms with van der Waals surface area (Å²) in [5.74, 6) is -3.60. The molecule has 2 fully saturated rings. The van der Waals surface area contributed by atoms with Crippen molar-refractivity contribution in [1.82, 2.24) is 10.2 Å². The van der Waals surface area contributed by atoms with Crippen molar-refractivity contribution in [2.24, 2.45) is 11.8 Å². The zero-order valence-electron chi connectivity index (χ0n) is 18.0. The fraction of sp³-hybridized carbons (Fsp3) is 0.375. The Kier molecular flexibility index (Phi) is 4.51. The van der Waals surface area contributed by atoms with Crippen molar-refractivity contribution in [2.45, 2.75) is 45.0 Å². The van der Waals surface area contributed by atoms with Gasteiger partial charge in [-0.1, -0.05) is 24.3 Å². The number of aryl methyl sites for hydroxylation is 1. The van der Waals surface area contributed by atoms with Crippen LogP contribution in [-0.4, -0.2) is 39.9 Å². The number of aliphatic hydroxyl groups is 1. The number of nitrogens with zero attached hydrogens (tertiary/aromatic N) is 1. The highest BCUT2D eigenvalue weighted by molar-refractivity contribution is 6.15. The standard InChI is InChI=1S/C24H24FN3O4/c1-11-4-9-16-19(12(11)2)26-23(32)24(16)18-17(20(27-24)13(3)29)21(30)28(22(18)31)10-14-5-7-15(25)8-6-14/h4-9,13,17-18,20,27,29H,10H2,1-3H3,(H,26,32)/t13-,17+,18+,20+,24-/m1/s1. The van der Waals surface area contributed by atoms with E-state index in [1.54, 1.807) is 6.92 Å². The van der Waals surface area contributed by atoms with Gasteiger partial charge in [0.2, 0.25) is 17.7 Å². The summed E-state index contributed by atoms with van der Waals surface area (Å²) in [7, 11) is 0. The Morgan fingerprint density at radius 3 is 2.44 bits per heavy atom. The molecule has 5 atom stereocenters. The molecule has 0 radical (unpaired) electrons. The van der Waals surface area contributed by atoms with E-state index in [0.717, 1.165) is 16.0 Å². The van der Waals surface area contributed by atoms with Crippen LogP contribution in [0.5, 0.6) is 0 Å². The number of amides is 3. The average molecular weight is 437 g/mol. The minimum atomic E-state index is -1.44. The molecule has 5 rings (SSSR count). The molecule has 1 spiro atoms. The summed E-state index contributed by atoms with van der Waals surface area (Å²) in [5.41, 5.74) is 2.32. The summed E-state index contributed by atoms with van der Waals surface area (Å²) in [6.07, 6.45) is -0.965. The number of anilines is 1. The van der Waals surface area contributed by atoms with Gasteiger partial charge in [-0.15, -0.1) is 0 Å². The van der Waals surface area contributed by atoms with Crippen molar-refractivity contribution in [3.8, 4) is 0 Å². The van der Waals surface area contributed by atoms with Gasteiger partial charge in [0, 0.05) is 17.3 Å². The molecule has 0 bridgehead atoms. The molecule has 166 valence electrons. The normalized spacial score (nSPS) is 29.5. The van der Waals surface area contributed by atoms with Gasteiger partial charge in [-0.25, -0.2) is 4.39 Å². The van der Waals surface area contributed by atoms with E-state index in [-0.39, 0.29) is 6.54 Å². The first kappa shape index (κ1) is 20.8. The number of imide groups is 1. The molecule has 0 unspecified atom stereocenters. The van der Waals surface area contributed by atoms with Crippen molar-refractivity contribution < 1.29 is 23.9 Å². The lowest BCUT2D eigenvalue weighted by atomic mass is 9.76. The van der Waals surface area contributed by atoms with Crippen molar-refractivity contribution in [3.63, 3.8) is 0 Å². The largest absolute Gasteiger partial charge is 0.392 e. The quantitative estimate of drug-likeness (QED) is 0.636. The van der Waals surface area contributed by atoms with Gasteiger partial charge in [0.05, 0.1) is 24.5 Å². The molecule has 0 aromatic heterocycles. The number of carbonyl (C=O) groups is 3. The van der Waals surface area contributed by atoms with Gasteiger partial charge in [0.15, 0.2) is 0 Å². The number of likely N-dealkylation sites (tertiary alicyclic amines) is 1. The zero-order valence-corrected chi connectivity index (χ0v) is 18.0. The summed E-state index contributed by atoms with van der Waals surface area (Å²) in [5, 5.41) is 16.6. The van der Waals surface area contributed by atoms with Crippen molar-refractivity contribution in [3.05, 3.63) is 64.5 Å². The highest BCUT2D eigenvalue weighted by Crippen LogP contribution is 2.54. The number of halogens is 1. The van der Waals surface area contributed by atoms with Crippen molar-refractivity contribution >= 4 is 23.4 Å². The first-order valence-corrected chi connectivity index (χ1v) is 10.6. The molecule has 2 aromatic rings. The molecule has 8 heteroatoms. The lowest BCUT2D eigenvalue weighted by Gasteiger charge is -2.30. The third kappa shape index (κ3) is 2.63.